The fourth-order valence-electron chi connectivity index (χ4n) is 2.57. The molecule has 2 aromatic rings. The van der Waals surface area contributed by atoms with Gasteiger partial charge in [-0.05, 0) is 36.8 Å². The van der Waals surface area contributed by atoms with Crippen molar-refractivity contribution in [2.75, 3.05) is 18.9 Å². The fourth-order valence-corrected chi connectivity index (χ4v) is 2.57. The highest BCUT2D eigenvalue weighted by atomic mass is 19.3. The lowest BCUT2D eigenvalue weighted by Gasteiger charge is -2.33. The Bertz CT molecular complexity index is 866. The van der Waals surface area contributed by atoms with Crippen LogP contribution in [-0.4, -0.2) is 37.1 Å². The lowest BCUT2D eigenvalue weighted by Crippen LogP contribution is -2.45. The first-order valence-corrected chi connectivity index (χ1v) is 8.26. The molecule has 0 saturated carbocycles. The highest BCUT2D eigenvalue weighted by molar-refractivity contribution is 5.82. The molecule has 1 aliphatic heterocycles. The Morgan fingerprint density at radius 1 is 1.14 bits per heavy atom. The molecule has 0 saturated heterocycles. The average Bonchev–Trinajstić information content (AvgIpc) is 2.63. The molecule has 0 fully saturated rings. The number of rotatable bonds is 4. The summed E-state index contributed by atoms with van der Waals surface area (Å²) in [6, 6.07) is 4.94. The van der Waals surface area contributed by atoms with Crippen LogP contribution in [0.3, 0.4) is 0 Å². The molecule has 4 N–H and O–H groups in total. The van der Waals surface area contributed by atoms with E-state index in [0.29, 0.717) is 0 Å². The van der Waals surface area contributed by atoms with E-state index in [0.717, 1.165) is 17.7 Å². The summed E-state index contributed by atoms with van der Waals surface area (Å²) in [5, 5.41) is 0. The molecule has 0 bridgehead atoms. The Kier molecular flexibility index (Phi) is 7.32. The van der Waals surface area contributed by atoms with Gasteiger partial charge in [-0.1, -0.05) is 0 Å². The van der Waals surface area contributed by atoms with Gasteiger partial charge in [-0.15, -0.1) is 0 Å². The van der Waals surface area contributed by atoms with Gasteiger partial charge in [0.1, 0.15) is 24.0 Å². The molecule has 29 heavy (non-hydrogen) atoms. The fraction of sp³-hybridized carbons (Fsp3) is 0.333. The van der Waals surface area contributed by atoms with Crippen LogP contribution in [0.2, 0.25) is 0 Å². The van der Waals surface area contributed by atoms with E-state index >= 15 is 0 Å². The Balaban J connectivity index is 0.000000234. The smallest absolute Gasteiger partial charge is 0.387 e. The van der Waals surface area contributed by atoms with Crippen LogP contribution in [0, 0.1) is 12.7 Å². The number of nitrogens with zero attached hydrogens (tertiary/aromatic N) is 2. The van der Waals surface area contributed by atoms with E-state index in [2.05, 4.69) is 14.7 Å². The van der Waals surface area contributed by atoms with Crippen molar-refractivity contribution in [3.05, 3.63) is 53.6 Å². The largest absolute Gasteiger partial charge is 0.433 e. The quantitative estimate of drug-likeness (QED) is 0.587. The van der Waals surface area contributed by atoms with Gasteiger partial charge in [0.05, 0.1) is 12.8 Å². The van der Waals surface area contributed by atoms with Crippen LogP contribution in [0.1, 0.15) is 11.1 Å². The topological polar surface area (TPSA) is 95.8 Å². The Morgan fingerprint density at radius 2 is 1.86 bits per heavy atom. The van der Waals surface area contributed by atoms with Gasteiger partial charge in [-0.3, -0.25) is 9.98 Å². The van der Waals surface area contributed by atoms with E-state index in [1.54, 1.807) is 13.1 Å². The molecule has 1 aromatic heterocycles. The van der Waals surface area contributed by atoms with Gasteiger partial charge < -0.3 is 20.9 Å². The van der Waals surface area contributed by atoms with Gasteiger partial charge in [0.25, 0.3) is 6.43 Å². The summed E-state index contributed by atoms with van der Waals surface area (Å²) in [5.74, 6) is -0.810. The highest BCUT2D eigenvalue weighted by Crippen LogP contribution is 2.37. The van der Waals surface area contributed by atoms with Crippen molar-refractivity contribution in [1.29, 1.82) is 0 Å². The molecular weight excluding hydrogens is 399 g/mol. The second-order valence-corrected chi connectivity index (χ2v) is 6.14. The SMILES string of the molecule is Cc1cncc(OC(F)F)c1.NC1=NC(c2cc(N)ccc2F)(C(F)F)COC1. The number of alkyl halides is 4. The van der Waals surface area contributed by atoms with Gasteiger partial charge in [-0.2, -0.15) is 8.78 Å². The number of nitrogens with two attached hydrogens (primary N) is 2. The Labute approximate surface area is 163 Å². The minimum Gasteiger partial charge on any atom is -0.433 e. The number of pyridine rings is 1. The maximum Gasteiger partial charge on any atom is 0.387 e. The molecule has 158 valence electrons. The van der Waals surface area contributed by atoms with Crippen LogP contribution in [0.15, 0.2) is 41.7 Å². The Hall–Kier alpha value is -2.95. The zero-order valence-corrected chi connectivity index (χ0v) is 15.3. The zero-order valence-electron chi connectivity index (χ0n) is 15.3. The molecule has 0 spiro atoms. The highest BCUT2D eigenvalue weighted by Gasteiger charge is 2.46. The number of anilines is 1. The summed E-state index contributed by atoms with van der Waals surface area (Å²) in [6.45, 7) is -1.51. The number of benzene rings is 1. The van der Waals surface area contributed by atoms with Gasteiger partial charge in [0, 0.05) is 17.4 Å². The zero-order chi connectivity index (χ0) is 21.6. The number of nitrogen functional groups attached to an aromatic ring is 1. The van der Waals surface area contributed by atoms with Crippen LogP contribution >= 0.6 is 0 Å². The molecule has 1 unspecified atom stereocenters. The number of hydrogen-bond donors (Lipinski definition) is 2. The number of hydrogen-bond acceptors (Lipinski definition) is 6. The van der Waals surface area contributed by atoms with E-state index in [9.17, 15) is 22.0 Å². The average molecular weight is 418 g/mol. The summed E-state index contributed by atoms with van der Waals surface area (Å²) in [4.78, 5) is 7.39. The van der Waals surface area contributed by atoms with Gasteiger partial charge >= 0.3 is 6.61 Å². The van der Waals surface area contributed by atoms with E-state index in [1.165, 1.54) is 18.3 Å². The molecule has 1 aromatic carbocycles. The monoisotopic (exact) mass is 418 g/mol. The van der Waals surface area contributed by atoms with Crippen LogP contribution in [0.5, 0.6) is 5.75 Å². The first kappa shape index (κ1) is 22.3. The van der Waals surface area contributed by atoms with Crippen molar-refractivity contribution in [3.63, 3.8) is 0 Å². The standard InChI is InChI=1S/C11H12F3N3O.C7H7F2NO/c12-8-2-1-6(15)3-7(8)11(10(13)14)5-18-4-9(16)17-11;1-5-2-6(4-10-3-5)11-7(8)9/h1-3,10H,4-5,15H2,(H2,16,17);2-4,7H,1H3. The van der Waals surface area contributed by atoms with E-state index < -0.39 is 31.0 Å². The summed E-state index contributed by atoms with van der Waals surface area (Å²) in [5.41, 5.74) is 9.45. The molecule has 0 amide bonds. The summed E-state index contributed by atoms with van der Waals surface area (Å²) >= 11 is 0. The predicted octanol–water partition coefficient (Wildman–Crippen LogP) is 3.25. The van der Waals surface area contributed by atoms with Gasteiger partial charge in [-0.25, -0.2) is 13.2 Å². The van der Waals surface area contributed by atoms with Crippen molar-refractivity contribution >= 4 is 11.5 Å². The van der Waals surface area contributed by atoms with E-state index in [-0.39, 0.29) is 29.4 Å². The number of aliphatic imine (C=N–C) groups is 1. The Morgan fingerprint density at radius 3 is 2.45 bits per heavy atom. The molecule has 3 rings (SSSR count). The summed E-state index contributed by atoms with van der Waals surface area (Å²) < 4.78 is 72.6. The van der Waals surface area contributed by atoms with E-state index in [4.69, 9.17) is 16.2 Å². The number of halogens is 5. The van der Waals surface area contributed by atoms with Crippen LogP contribution in [0.25, 0.3) is 0 Å². The van der Waals surface area contributed by atoms with Crippen molar-refractivity contribution in [2.45, 2.75) is 25.5 Å². The van der Waals surface area contributed by atoms with Crippen LogP contribution in [-0.2, 0) is 10.3 Å². The molecule has 6 nitrogen and oxygen atoms in total. The molecule has 0 aliphatic carbocycles. The number of amidine groups is 1. The minimum absolute atomic E-state index is 0.0432. The van der Waals surface area contributed by atoms with Gasteiger partial charge in [0.2, 0.25) is 0 Å². The minimum atomic E-state index is -2.95. The van der Waals surface area contributed by atoms with Crippen molar-refractivity contribution in [1.82, 2.24) is 4.98 Å². The molecule has 0 radical (unpaired) electrons. The van der Waals surface area contributed by atoms with E-state index in [1.807, 2.05) is 0 Å². The predicted molar refractivity (Wildman–Crippen MR) is 96.5 cm³/mol. The second-order valence-electron chi connectivity index (χ2n) is 6.14. The number of ether oxygens (including phenoxy) is 2. The lowest BCUT2D eigenvalue weighted by molar-refractivity contribution is -0.0501. The molecule has 11 heteroatoms. The lowest BCUT2D eigenvalue weighted by atomic mass is 9.90. The summed E-state index contributed by atoms with van der Waals surface area (Å²) in [7, 11) is 0. The first-order chi connectivity index (χ1) is 13.6. The third-order valence-electron chi connectivity index (χ3n) is 3.81. The molecule has 2 heterocycles. The third kappa shape index (κ3) is 5.76. The molecule has 1 atom stereocenters. The summed E-state index contributed by atoms with van der Waals surface area (Å²) in [6.07, 6.45) is -0.134. The maximum absolute atomic E-state index is 13.7. The molecule has 1 aliphatic rings. The number of aryl methyl sites for hydroxylation is 1. The van der Waals surface area contributed by atoms with Crippen LogP contribution < -0.4 is 16.2 Å². The van der Waals surface area contributed by atoms with Crippen molar-refractivity contribution in [3.8, 4) is 5.75 Å². The van der Waals surface area contributed by atoms with Crippen molar-refractivity contribution in [2.24, 2.45) is 10.7 Å². The second kappa shape index (κ2) is 9.50. The van der Waals surface area contributed by atoms with Gasteiger partial charge in [0.15, 0.2) is 5.54 Å². The first-order valence-electron chi connectivity index (χ1n) is 8.26. The maximum atomic E-state index is 13.7. The number of aromatic nitrogens is 1. The third-order valence-corrected chi connectivity index (χ3v) is 3.81. The van der Waals surface area contributed by atoms with Crippen LogP contribution in [0.4, 0.5) is 27.6 Å². The normalized spacial score (nSPS) is 18.8. The van der Waals surface area contributed by atoms with Crippen molar-refractivity contribution < 1.29 is 31.4 Å². The molecular formula is C18H19F5N4O2.